The highest BCUT2D eigenvalue weighted by Gasteiger charge is 2.30. The first kappa shape index (κ1) is 14.1. The first-order valence-corrected chi connectivity index (χ1v) is 8.12. The van der Waals surface area contributed by atoms with Gasteiger partial charge in [-0.25, -0.2) is 9.67 Å². The number of nitrogens with one attached hydrogen (secondary N) is 1. The Hall–Kier alpha value is -1.82. The van der Waals surface area contributed by atoms with Crippen molar-refractivity contribution in [2.45, 2.75) is 30.8 Å². The summed E-state index contributed by atoms with van der Waals surface area (Å²) in [6.07, 6.45) is 2.39. The minimum atomic E-state index is -0.00274. The fourth-order valence-electron chi connectivity index (χ4n) is 2.10. The third-order valence-electron chi connectivity index (χ3n) is 3.26. The van der Waals surface area contributed by atoms with Crippen LogP contribution in [0.4, 0.5) is 0 Å². The predicted octanol–water partition coefficient (Wildman–Crippen LogP) is 2.37. The number of amides is 1. The van der Waals surface area contributed by atoms with Crippen molar-refractivity contribution >= 4 is 17.7 Å². The molecule has 1 N–H and O–H groups in total. The maximum absolute atomic E-state index is 10.8. The molecule has 2 aromatic rings. The molecule has 1 aliphatic rings. The summed E-state index contributed by atoms with van der Waals surface area (Å²) in [6.45, 7) is 2.16. The van der Waals surface area contributed by atoms with Gasteiger partial charge in [0.2, 0.25) is 11.1 Å². The summed E-state index contributed by atoms with van der Waals surface area (Å²) in [6, 6.07) is 10.1. The normalized spacial score (nSPS) is 14.1. The van der Waals surface area contributed by atoms with E-state index in [0.29, 0.717) is 12.5 Å². The zero-order valence-electron chi connectivity index (χ0n) is 12.0. The van der Waals surface area contributed by atoms with Crippen LogP contribution in [0, 0.1) is 0 Å². The monoisotopic (exact) mass is 302 g/mol. The lowest BCUT2D eigenvalue weighted by Crippen LogP contribution is -2.22. The van der Waals surface area contributed by atoms with Crippen LogP contribution in [0.3, 0.4) is 0 Å². The number of nitrogens with zero attached hydrogens (tertiary/aromatic N) is 3. The smallest absolute Gasteiger partial charge is 0.216 e. The van der Waals surface area contributed by atoms with E-state index in [4.69, 9.17) is 0 Å². The van der Waals surface area contributed by atoms with Gasteiger partial charge in [0, 0.05) is 25.1 Å². The van der Waals surface area contributed by atoms with Crippen molar-refractivity contribution in [3.63, 3.8) is 0 Å². The second-order valence-corrected chi connectivity index (χ2v) is 6.17. The molecule has 1 fully saturated rings. The van der Waals surface area contributed by atoms with Crippen molar-refractivity contribution in [3.05, 3.63) is 36.2 Å². The molecule has 1 heterocycles. The number of rotatable bonds is 6. The molecule has 0 saturated heterocycles. The molecule has 1 saturated carbocycles. The van der Waals surface area contributed by atoms with E-state index >= 15 is 0 Å². The van der Waals surface area contributed by atoms with E-state index in [1.807, 2.05) is 35.0 Å². The number of aromatic nitrogens is 3. The van der Waals surface area contributed by atoms with Crippen molar-refractivity contribution < 1.29 is 4.79 Å². The van der Waals surface area contributed by atoms with Gasteiger partial charge in [-0.05, 0) is 25.0 Å². The number of hydrogen-bond donors (Lipinski definition) is 1. The lowest BCUT2D eigenvalue weighted by Gasteiger charge is -2.03. The molecule has 0 aliphatic heterocycles. The maximum Gasteiger partial charge on any atom is 0.216 e. The van der Waals surface area contributed by atoms with Crippen LogP contribution in [-0.4, -0.2) is 33.0 Å². The van der Waals surface area contributed by atoms with Gasteiger partial charge < -0.3 is 5.32 Å². The molecular weight excluding hydrogens is 284 g/mol. The van der Waals surface area contributed by atoms with E-state index in [1.165, 1.54) is 19.8 Å². The molecule has 6 heteroatoms. The van der Waals surface area contributed by atoms with E-state index in [9.17, 15) is 4.79 Å². The molecular formula is C15H18N4OS. The van der Waals surface area contributed by atoms with Gasteiger partial charge in [-0.15, -0.1) is 5.10 Å². The highest BCUT2D eigenvalue weighted by atomic mass is 32.2. The van der Waals surface area contributed by atoms with Gasteiger partial charge in [0.25, 0.3) is 0 Å². The van der Waals surface area contributed by atoms with Crippen molar-refractivity contribution in [1.29, 1.82) is 0 Å². The zero-order valence-corrected chi connectivity index (χ0v) is 12.8. The summed E-state index contributed by atoms with van der Waals surface area (Å²) in [5.41, 5.74) is 1.06. The first-order chi connectivity index (χ1) is 10.2. The first-order valence-electron chi connectivity index (χ1n) is 7.13. The number of carbonyl (C=O) groups is 1. The van der Waals surface area contributed by atoms with E-state index in [-0.39, 0.29) is 5.91 Å². The fraction of sp³-hybridized carbons (Fsp3) is 0.400. The third kappa shape index (κ3) is 3.64. The van der Waals surface area contributed by atoms with Gasteiger partial charge in [-0.2, -0.15) is 0 Å². The molecule has 21 heavy (non-hydrogen) atoms. The molecule has 0 bridgehead atoms. The Balaban J connectivity index is 1.73. The second-order valence-electron chi connectivity index (χ2n) is 5.11. The Kier molecular flexibility index (Phi) is 4.24. The predicted molar refractivity (Wildman–Crippen MR) is 82.7 cm³/mol. The van der Waals surface area contributed by atoms with E-state index < -0.39 is 0 Å². The Labute approximate surface area is 128 Å². The highest BCUT2D eigenvalue weighted by Crippen LogP contribution is 2.40. The number of hydrogen-bond acceptors (Lipinski definition) is 4. The summed E-state index contributed by atoms with van der Waals surface area (Å²) in [4.78, 5) is 15.5. The van der Waals surface area contributed by atoms with Crippen molar-refractivity contribution in [2.24, 2.45) is 0 Å². The molecule has 1 aliphatic carbocycles. The number of benzene rings is 1. The summed E-state index contributed by atoms with van der Waals surface area (Å²) in [7, 11) is 0. The molecule has 1 amide bonds. The molecule has 0 unspecified atom stereocenters. The molecule has 110 valence electrons. The number of carbonyl (C=O) groups excluding carboxylic acids is 1. The van der Waals surface area contributed by atoms with Gasteiger partial charge in [-0.3, -0.25) is 4.79 Å². The summed E-state index contributed by atoms with van der Waals surface area (Å²) >= 11 is 1.58. The topological polar surface area (TPSA) is 59.8 Å². The summed E-state index contributed by atoms with van der Waals surface area (Å²) in [5, 5.41) is 8.18. The van der Waals surface area contributed by atoms with Crippen LogP contribution in [0.15, 0.2) is 35.5 Å². The lowest BCUT2D eigenvalue weighted by molar-refractivity contribution is -0.118. The fourth-order valence-corrected chi connectivity index (χ4v) is 2.78. The maximum atomic E-state index is 10.8. The molecule has 5 nitrogen and oxygen atoms in total. The third-order valence-corrected chi connectivity index (χ3v) is 4.10. The Morgan fingerprint density at radius 1 is 1.38 bits per heavy atom. The van der Waals surface area contributed by atoms with E-state index in [0.717, 1.165) is 22.4 Å². The van der Waals surface area contributed by atoms with Crippen molar-refractivity contribution in [1.82, 2.24) is 20.1 Å². The highest BCUT2D eigenvalue weighted by molar-refractivity contribution is 7.99. The quantitative estimate of drug-likeness (QED) is 0.657. The molecule has 0 radical (unpaired) electrons. The van der Waals surface area contributed by atoms with E-state index in [1.54, 1.807) is 11.8 Å². The van der Waals surface area contributed by atoms with Gasteiger partial charge in [0.1, 0.15) is 5.82 Å². The SMILES string of the molecule is CC(=O)NCCSc1nc(C2CC2)n(-c2ccccc2)n1. The zero-order chi connectivity index (χ0) is 14.7. The average molecular weight is 302 g/mol. The van der Waals surface area contributed by atoms with Gasteiger partial charge in [0.15, 0.2) is 0 Å². The van der Waals surface area contributed by atoms with Crippen LogP contribution in [-0.2, 0) is 4.79 Å². The van der Waals surface area contributed by atoms with Crippen molar-refractivity contribution in [3.8, 4) is 5.69 Å². The number of thioether (sulfide) groups is 1. The average Bonchev–Trinajstić information content (AvgIpc) is 3.25. The Bertz CT molecular complexity index is 622. The molecule has 0 atom stereocenters. The summed E-state index contributed by atoms with van der Waals surface area (Å²) in [5.74, 6) is 2.38. The van der Waals surface area contributed by atoms with E-state index in [2.05, 4.69) is 15.4 Å². The van der Waals surface area contributed by atoms with Crippen molar-refractivity contribution in [2.75, 3.05) is 12.3 Å². The van der Waals surface area contributed by atoms with Crippen LogP contribution >= 0.6 is 11.8 Å². The summed E-state index contributed by atoms with van der Waals surface area (Å²) < 4.78 is 1.96. The standard InChI is InChI=1S/C15H18N4OS/c1-11(20)16-9-10-21-15-17-14(12-7-8-12)19(18-15)13-5-3-2-4-6-13/h2-6,12H,7-10H2,1H3,(H,16,20). The van der Waals surface area contributed by atoms with Gasteiger partial charge >= 0.3 is 0 Å². The Morgan fingerprint density at radius 2 is 2.14 bits per heavy atom. The molecule has 1 aromatic carbocycles. The molecule has 1 aromatic heterocycles. The molecule has 0 spiro atoms. The van der Waals surface area contributed by atoms with Crippen LogP contribution < -0.4 is 5.32 Å². The second kappa shape index (κ2) is 6.30. The lowest BCUT2D eigenvalue weighted by atomic mass is 10.3. The Morgan fingerprint density at radius 3 is 2.81 bits per heavy atom. The van der Waals surface area contributed by atoms with Crippen LogP contribution in [0.2, 0.25) is 0 Å². The van der Waals surface area contributed by atoms with Crippen LogP contribution in [0.1, 0.15) is 31.5 Å². The minimum Gasteiger partial charge on any atom is -0.356 e. The van der Waals surface area contributed by atoms with Crippen LogP contribution in [0.25, 0.3) is 5.69 Å². The number of para-hydroxylation sites is 1. The minimum absolute atomic E-state index is 0.00274. The van der Waals surface area contributed by atoms with Crippen LogP contribution in [0.5, 0.6) is 0 Å². The van der Waals surface area contributed by atoms with Gasteiger partial charge in [-0.1, -0.05) is 30.0 Å². The largest absolute Gasteiger partial charge is 0.356 e. The van der Waals surface area contributed by atoms with Gasteiger partial charge in [0.05, 0.1) is 5.69 Å². The molecule has 3 rings (SSSR count).